The van der Waals surface area contributed by atoms with Crippen LogP contribution in [0.3, 0.4) is 0 Å². The molecule has 0 fully saturated rings. The summed E-state index contributed by atoms with van der Waals surface area (Å²) in [5, 5.41) is 11.9. The standard InChI is InChI=1S/C9H8Cl2N2O/c1-14-7-3-2-6(13-5-4-12)8(10)9(7)11/h2-3,13H,5H2,1H3. The van der Waals surface area contributed by atoms with Gasteiger partial charge in [0.15, 0.2) is 0 Å². The fourth-order valence-electron chi connectivity index (χ4n) is 0.961. The minimum atomic E-state index is 0.183. The van der Waals surface area contributed by atoms with Crippen molar-refractivity contribution in [2.24, 2.45) is 0 Å². The van der Waals surface area contributed by atoms with Gasteiger partial charge in [0, 0.05) is 0 Å². The smallest absolute Gasteiger partial charge is 0.139 e. The van der Waals surface area contributed by atoms with E-state index in [4.69, 9.17) is 33.2 Å². The van der Waals surface area contributed by atoms with Crippen molar-refractivity contribution in [2.75, 3.05) is 19.0 Å². The molecule has 0 amide bonds. The Morgan fingerprint density at radius 1 is 1.43 bits per heavy atom. The highest BCUT2D eigenvalue weighted by atomic mass is 35.5. The molecule has 0 spiro atoms. The molecule has 0 aliphatic rings. The summed E-state index contributed by atoms with van der Waals surface area (Å²) in [6.45, 7) is 0.183. The van der Waals surface area contributed by atoms with E-state index in [0.717, 1.165) is 0 Å². The van der Waals surface area contributed by atoms with Gasteiger partial charge in [-0.15, -0.1) is 0 Å². The number of methoxy groups -OCH3 is 1. The average molecular weight is 231 g/mol. The lowest BCUT2D eigenvalue weighted by Gasteiger charge is -2.09. The first-order chi connectivity index (χ1) is 6.70. The van der Waals surface area contributed by atoms with Crippen molar-refractivity contribution < 1.29 is 4.74 Å². The van der Waals surface area contributed by atoms with Crippen LogP contribution in [0, 0.1) is 11.3 Å². The van der Waals surface area contributed by atoms with Gasteiger partial charge in [-0.25, -0.2) is 0 Å². The van der Waals surface area contributed by atoms with Crippen LogP contribution in [-0.4, -0.2) is 13.7 Å². The first-order valence-corrected chi connectivity index (χ1v) is 4.59. The van der Waals surface area contributed by atoms with Crippen molar-refractivity contribution in [3.8, 4) is 11.8 Å². The van der Waals surface area contributed by atoms with E-state index >= 15 is 0 Å². The Bertz CT molecular complexity index is 374. The van der Waals surface area contributed by atoms with Crippen molar-refractivity contribution in [3.63, 3.8) is 0 Å². The molecule has 0 saturated carbocycles. The summed E-state index contributed by atoms with van der Waals surface area (Å²) in [5.41, 5.74) is 0.624. The summed E-state index contributed by atoms with van der Waals surface area (Å²) in [7, 11) is 1.51. The van der Waals surface area contributed by atoms with Crippen molar-refractivity contribution in [1.82, 2.24) is 0 Å². The van der Waals surface area contributed by atoms with Crippen LogP contribution >= 0.6 is 23.2 Å². The molecule has 0 aromatic heterocycles. The fourth-order valence-corrected chi connectivity index (χ4v) is 1.43. The van der Waals surface area contributed by atoms with Crippen molar-refractivity contribution in [2.45, 2.75) is 0 Å². The summed E-state index contributed by atoms with van der Waals surface area (Å²) in [6.07, 6.45) is 0. The zero-order valence-electron chi connectivity index (χ0n) is 7.47. The number of anilines is 1. The van der Waals surface area contributed by atoms with E-state index in [2.05, 4.69) is 5.32 Å². The monoisotopic (exact) mass is 230 g/mol. The van der Waals surface area contributed by atoms with Gasteiger partial charge in [0.1, 0.15) is 17.3 Å². The van der Waals surface area contributed by atoms with Gasteiger partial charge in [-0.2, -0.15) is 5.26 Å². The molecule has 0 heterocycles. The summed E-state index contributed by atoms with van der Waals surface area (Å²) in [6, 6.07) is 5.35. The van der Waals surface area contributed by atoms with Gasteiger partial charge < -0.3 is 10.1 Å². The van der Waals surface area contributed by atoms with E-state index in [0.29, 0.717) is 21.5 Å². The molecule has 14 heavy (non-hydrogen) atoms. The highest BCUT2D eigenvalue weighted by Crippen LogP contribution is 2.37. The molecule has 1 aromatic carbocycles. The largest absolute Gasteiger partial charge is 0.495 e. The topological polar surface area (TPSA) is 45.0 Å². The number of nitrogens with one attached hydrogen (secondary N) is 1. The third-order valence-electron chi connectivity index (χ3n) is 1.62. The molecule has 1 N–H and O–H groups in total. The second-order valence-electron chi connectivity index (χ2n) is 2.46. The van der Waals surface area contributed by atoms with Crippen molar-refractivity contribution in [1.29, 1.82) is 5.26 Å². The van der Waals surface area contributed by atoms with Crippen LogP contribution in [0.4, 0.5) is 5.69 Å². The van der Waals surface area contributed by atoms with Crippen LogP contribution in [0.2, 0.25) is 10.0 Å². The van der Waals surface area contributed by atoms with Gasteiger partial charge in [-0.3, -0.25) is 0 Å². The molecule has 5 heteroatoms. The Balaban J connectivity index is 2.99. The lowest BCUT2D eigenvalue weighted by atomic mass is 10.3. The number of hydrogen-bond donors (Lipinski definition) is 1. The highest BCUT2D eigenvalue weighted by molar-refractivity contribution is 6.44. The minimum Gasteiger partial charge on any atom is -0.495 e. The van der Waals surface area contributed by atoms with Gasteiger partial charge in [-0.1, -0.05) is 23.2 Å². The third-order valence-corrected chi connectivity index (χ3v) is 2.49. The molecule has 0 aliphatic carbocycles. The molecule has 1 aromatic rings. The van der Waals surface area contributed by atoms with Gasteiger partial charge in [0.2, 0.25) is 0 Å². The number of rotatable bonds is 3. The average Bonchev–Trinajstić information content (AvgIpc) is 2.20. The lowest BCUT2D eigenvalue weighted by molar-refractivity contribution is 0.415. The quantitative estimate of drug-likeness (QED) is 0.813. The third kappa shape index (κ3) is 2.22. The van der Waals surface area contributed by atoms with Crippen LogP contribution in [0.5, 0.6) is 5.75 Å². The molecule has 0 bridgehead atoms. The zero-order valence-corrected chi connectivity index (χ0v) is 8.99. The van der Waals surface area contributed by atoms with Crippen LogP contribution < -0.4 is 10.1 Å². The molecule has 74 valence electrons. The predicted octanol–water partition coefficient (Wildman–Crippen LogP) is 2.94. The fraction of sp³-hybridized carbons (Fsp3) is 0.222. The predicted molar refractivity (Wildman–Crippen MR) is 57.1 cm³/mol. The molecule has 0 atom stereocenters. The second kappa shape index (κ2) is 4.94. The van der Waals surface area contributed by atoms with Crippen LogP contribution in [-0.2, 0) is 0 Å². The van der Waals surface area contributed by atoms with E-state index in [1.54, 1.807) is 12.1 Å². The lowest BCUT2D eigenvalue weighted by Crippen LogP contribution is -1.99. The maximum atomic E-state index is 8.38. The first-order valence-electron chi connectivity index (χ1n) is 3.83. The van der Waals surface area contributed by atoms with Crippen molar-refractivity contribution >= 4 is 28.9 Å². The molecule has 0 radical (unpaired) electrons. The van der Waals surface area contributed by atoms with Gasteiger partial charge in [0.25, 0.3) is 0 Å². The van der Waals surface area contributed by atoms with Crippen molar-refractivity contribution in [3.05, 3.63) is 22.2 Å². The van der Waals surface area contributed by atoms with E-state index < -0.39 is 0 Å². The molecule has 1 rings (SSSR count). The molecular weight excluding hydrogens is 223 g/mol. The Hall–Kier alpha value is -1.11. The van der Waals surface area contributed by atoms with Crippen LogP contribution in [0.25, 0.3) is 0 Å². The Kier molecular flexibility index (Phi) is 3.87. The Labute approximate surface area is 92.2 Å². The molecule has 0 unspecified atom stereocenters. The number of halogens is 2. The van der Waals surface area contributed by atoms with E-state index in [9.17, 15) is 0 Å². The van der Waals surface area contributed by atoms with E-state index in [-0.39, 0.29) is 6.54 Å². The Morgan fingerprint density at radius 2 is 2.14 bits per heavy atom. The second-order valence-corrected chi connectivity index (χ2v) is 3.21. The first kappa shape index (κ1) is 11.0. The number of benzene rings is 1. The van der Waals surface area contributed by atoms with Gasteiger partial charge in [0.05, 0.1) is 23.9 Å². The van der Waals surface area contributed by atoms with Gasteiger partial charge >= 0.3 is 0 Å². The highest BCUT2D eigenvalue weighted by Gasteiger charge is 2.09. The zero-order chi connectivity index (χ0) is 10.6. The van der Waals surface area contributed by atoms with E-state index in [1.807, 2.05) is 6.07 Å². The summed E-state index contributed by atoms with van der Waals surface area (Å²) >= 11 is 11.8. The number of nitrogens with zero attached hydrogens (tertiary/aromatic N) is 1. The molecule has 0 saturated heterocycles. The van der Waals surface area contributed by atoms with Crippen LogP contribution in [0.1, 0.15) is 0 Å². The number of nitriles is 1. The Morgan fingerprint density at radius 3 is 2.71 bits per heavy atom. The molecule has 0 aliphatic heterocycles. The van der Waals surface area contributed by atoms with E-state index in [1.165, 1.54) is 7.11 Å². The minimum absolute atomic E-state index is 0.183. The molecular formula is C9H8Cl2N2O. The maximum absolute atomic E-state index is 8.38. The van der Waals surface area contributed by atoms with Gasteiger partial charge in [-0.05, 0) is 12.1 Å². The maximum Gasteiger partial charge on any atom is 0.139 e. The number of ether oxygens (including phenoxy) is 1. The summed E-state index contributed by atoms with van der Waals surface area (Å²) in [4.78, 5) is 0. The van der Waals surface area contributed by atoms with Crippen LogP contribution in [0.15, 0.2) is 12.1 Å². The normalized spacial score (nSPS) is 9.29. The summed E-state index contributed by atoms with van der Waals surface area (Å²) in [5.74, 6) is 0.513. The molecule has 3 nitrogen and oxygen atoms in total. The summed E-state index contributed by atoms with van der Waals surface area (Å²) < 4.78 is 4.98. The number of hydrogen-bond acceptors (Lipinski definition) is 3. The SMILES string of the molecule is COc1ccc(NCC#N)c(Cl)c1Cl.